The van der Waals surface area contributed by atoms with E-state index in [1.807, 2.05) is 6.92 Å². The van der Waals surface area contributed by atoms with Gasteiger partial charge in [-0.05, 0) is 67.1 Å². The molecular weight excluding hydrogens is 535 g/mol. The number of carbonyl (C=O) groups is 2. The maximum atomic E-state index is 13.8. The van der Waals surface area contributed by atoms with E-state index in [-0.39, 0.29) is 16.5 Å². The number of thiazole rings is 1. The molecule has 1 fully saturated rings. The second kappa shape index (κ2) is 9.24. The molecule has 35 heavy (non-hydrogen) atoms. The molecule has 2 heterocycles. The number of carbonyl (C=O) groups excluding carboxylic acids is 2. The quantitative estimate of drug-likeness (QED) is 0.180. The molecule has 3 aromatic carbocycles. The first-order valence-electron chi connectivity index (χ1n) is 10.7. The Morgan fingerprint density at radius 1 is 1.11 bits per heavy atom. The molecule has 1 aliphatic heterocycles. The number of Topliss-reactive ketones (excluding diaryl/α,β-unsaturated/α-hetero) is 1. The van der Waals surface area contributed by atoms with Crippen molar-refractivity contribution < 1.29 is 23.8 Å². The smallest absolute Gasteiger partial charge is 0.301 e. The van der Waals surface area contributed by atoms with Crippen LogP contribution in [0.1, 0.15) is 24.1 Å². The van der Waals surface area contributed by atoms with Crippen molar-refractivity contribution in [3.8, 4) is 5.75 Å². The van der Waals surface area contributed by atoms with Gasteiger partial charge in [0.05, 0.1) is 28.4 Å². The van der Waals surface area contributed by atoms with Crippen molar-refractivity contribution in [2.45, 2.75) is 13.0 Å². The molecule has 176 valence electrons. The van der Waals surface area contributed by atoms with Crippen molar-refractivity contribution in [2.24, 2.45) is 0 Å². The van der Waals surface area contributed by atoms with E-state index in [1.54, 1.807) is 48.5 Å². The summed E-state index contributed by atoms with van der Waals surface area (Å²) in [5, 5.41) is 11.5. The molecule has 1 saturated heterocycles. The fraction of sp³-hybridized carbons (Fsp3) is 0.115. The van der Waals surface area contributed by atoms with Gasteiger partial charge in [-0.25, -0.2) is 9.37 Å². The second-order valence-corrected chi connectivity index (χ2v) is 9.71. The lowest BCUT2D eigenvalue weighted by Gasteiger charge is -2.23. The number of anilines is 1. The Morgan fingerprint density at radius 3 is 2.51 bits per heavy atom. The molecule has 0 radical (unpaired) electrons. The van der Waals surface area contributed by atoms with Gasteiger partial charge in [0.25, 0.3) is 5.78 Å². The van der Waals surface area contributed by atoms with Gasteiger partial charge in [0.2, 0.25) is 0 Å². The number of hydrogen-bond donors (Lipinski definition) is 1. The molecule has 0 saturated carbocycles. The number of aliphatic hydroxyl groups is 1. The van der Waals surface area contributed by atoms with Crippen LogP contribution in [-0.2, 0) is 9.59 Å². The third-order valence-corrected chi connectivity index (χ3v) is 7.16. The number of hydrogen-bond acceptors (Lipinski definition) is 6. The van der Waals surface area contributed by atoms with Crippen LogP contribution < -0.4 is 9.64 Å². The lowest BCUT2D eigenvalue weighted by molar-refractivity contribution is -0.132. The number of benzene rings is 3. The van der Waals surface area contributed by atoms with Gasteiger partial charge in [-0.3, -0.25) is 14.5 Å². The van der Waals surface area contributed by atoms with Gasteiger partial charge in [0.1, 0.15) is 17.3 Å². The van der Waals surface area contributed by atoms with Crippen LogP contribution in [0.4, 0.5) is 9.52 Å². The van der Waals surface area contributed by atoms with Crippen LogP contribution in [0.25, 0.3) is 16.0 Å². The highest BCUT2D eigenvalue weighted by Crippen LogP contribution is 2.44. The predicted molar refractivity (Wildman–Crippen MR) is 136 cm³/mol. The molecule has 0 aliphatic carbocycles. The van der Waals surface area contributed by atoms with E-state index in [0.717, 1.165) is 15.8 Å². The van der Waals surface area contributed by atoms with Gasteiger partial charge in [-0.1, -0.05) is 39.4 Å². The fourth-order valence-electron chi connectivity index (χ4n) is 4.01. The summed E-state index contributed by atoms with van der Waals surface area (Å²) in [6, 6.07) is 17.0. The van der Waals surface area contributed by atoms with Gasteiger partial charge in [0, 0.05) is 10.0 Å². The molecule has 1 aliphatic rings. The summed E-state index contributed by atoms with van der Waals surface area (Å²) >= 11 is 4.51. The van der Waals surface area contributed by atoms with Crippen LogP contribution in [0, 0.1) is 5.82 Å². The molecule has 6 nitrogen and oxygen atoms in total. The molecule has 5 rings (SSSR count). The van der Waals surface area contributed by atoms with Crippen LogP contribution >= 0.6 is 27.3 Å². The summed E-state index contributed by atoms with van der Waals surface area (Å²) in [6.07, 6.45) is 0. The number of rotatable bonds is 5. The highest BCUT2D eigenvalue weighted by Gasteiger charge is 2.48. The van der Waals surface area contributed by atoms with Gasteiger partial charge in [-0.2, -0.15) is 0 Å². The Morgan fingerprint density at radius 2 is 1.83 bits per heavy atom. The van der Waals surface area contributed by atoms with Gasteiger partial charge in [0.15, 0.2) is 5.13 Å². The normalized spacial score (nSPS) is 17.3. The Kier molecular flexibility index (Phi) is 6.12. The number of nitrogens with zero attached hydrogens (tertiary/aromatic N) is 2. The summed E-state index contributed by atoms with van der Waals surface area (Å²) in [7, 11) is 0. The van der Waals surface area contributed by atoms with Gasteiger partial charge < -0.3 is 9.84 Å². The standard InChI is InChI=1S/C26H18BrFN2O4S/c1-2-34-18-10-5-15(6-11-18)23(31)21-22(14-3-7-16(27)8-4-14)30(25(33)24(21)32)26-29-19-12-9-17(28)13-20(19)35-26/h3-13,22,31H,2H2,1H3/t22-/m1/s1. The molecule has 1 amide bonds. The molecule has 0 bridgehead atoms. The van der Waals surface area contributed by atoms with Crippen molar-refractivity contribution >= 4 is 60.1 Å². The zero-order valence-electron chi connectivity index (χ0n) is 18.4. The highest BCUT2D eigenvalue weighted by molar-refractivity contribution is 9.10. The number of aromatic nitrogens is 1. The minimum Gasteiger partial charge on any atom is -0.507 e. The SMILES string of the molecule is CCOc1ccc(C(O)=C2C(=O)C(=O)N(c3nc4ccc(F)cc4s3)[C@@H]2c2ccc(Br)cc2)cc1. The van der Waals surface area contributed by atoms with E-state index < -0.39 is 23.5 Å². The maximum absolute atomic E-state index is 13.8. The summed E-state index contributed by atoms with van der Waals surface area (Å²) in [6.45, 7) is 2.36. The molecule has 1 aromatic heterocycles. The molecule has 0 unspecified atom stereocenters. The Bertz CT molecular complexity index is 1480. The van der Waals surface area contributed by atoms with E-state index in [0.29, 0.717) is 33.7 Å². The zero-order valence-corrected chi connectivity index (χ0v) is 20.8. The van der Waals surface area contributed by atoms with Crippen molar-refractivity contribution in [3.05, 3.63) is 93.7 Å². The van der Waals surface area contributed by atoms with Crippen molar-refractivity contribution in [3.63, 3.8) is 0 Å². The number of aliphatic hydroxyl groups excluding tert-OH is 1. The van der Waals surface area contributed by atoms with Crippen molar-refractivity contribution in [1.82, 2.24) is 4.98 Å². The van der Waals surface area contributed by atoms with Crippen molar-refractivity contribution in [2.75, 3.05) is 11.5 Å². The van der Waals surface area contributed by atoms with Crippen molar-refractivity contribution in [1.29, 1.82) is 0 Å². The molecule has 4 aromatic rings. The Labute approximate surface area is 212 Å². The van der Waals surface area contributed by atoms with Gasteiger partial charge >= 0.3 is 5.91 Å². The fourth-order valence-corrected chi connectivity index (χ4v) is 5.29. The average molecular weight is 553 g/mol. The van der Waals surface area contributed by atoms with E-state index in [1.165, 1.54) is 23.1 Å². The minimum atomic E-state index is -0.917. The topological polar surface area (TPSA) is 79.7 Å². The van der Waals surface area contributed by atoms with E-state index in [4.69, 9.17) is 4.74 Å². The minimum absolute atomic E-state index is 0.0491. The van der Waals surface area contributed by atoms with Crippen LogP contribution in [0.5, 0.6) is 5.75 Å². The third-order valence-electron chi connectivity index (χ3n) is 5.61. The van der Waals surface area contributed by atoms with E-state index in [9.17, 15) is 19.1 Å². The predicted octanol–water partition coefficient (Wildman–Crippen LogP) is 6.22. The largest absolute Gasteiger partial charge is 0.507 e. The molecular formula is C26H18BrFN2O4S. The monoisotopic (exact) mass is 552 g/mol. The molecule has 1 N–H and O–H groups in total. The Balaban J connectivity index is 1.68. The molecule has 1 atom stereocenters. The van der Waals surface area contributed by atoms with E-state index in [2.05, 4.69) is 20.9 Å². The van der Waals surface area contributed by atoms with Gasteiger partial charge in [-0.15, -0.1) is 0 Å². The van der Waals surface area contributed by atoms with Crippen LogP contribution in [-0.4, -0.2) is 28.4 Å². The van der Waals surface area contributed by atoms with E-state index >= 15 is 0 Å². The lowest BCUT2D eigenvalue weighted by atomic mass is 9.95. The maximum Gasteiger partial charge on any atom is 0.301 e. The number of amides is 1. The number of ketones is 1. The number of ether oxygens (including phenoxy) is 1. The first-order valence-corrected chi connectivity index (χ1v) is 12.3. The van der Waals surface area contributed by atoms with Crippen LogP contribution in [0.3, 0.4) is 0 Å². The first kappa shape index (κ1) is 23.2. The summed E-state index contributed by atoms with van der Waals surface area (Å²) in [4.78, 5) is 32.3. The molecule has 9 heteroatoms. The average Bonchev–Trinajstić information content (AvgIpc) is 3.37. The second-order valence-electron chi connectivity index (χ2n) is 7.79. The zero-order chi connectivity index (χ0) is 24.7. The molecule has 0 spiro atoms. The van der Waals surface area contributed by atoms with Crippen LogP contribution in [0.2, 0.25) is 0 Å². The summed E-state index contributed by atoms with van der Waals surface area (Å²) in [5.41, 5.74) is 1.45. The number of halogens is 2. The summed E-state index contributed by atoms with van der Waals surface area (Å²) in [5.74, 6) is -1.74. The first-order chi connectivity index (χ1) is 16.9. The third kappa shape index (κ3) is 4.21. The van der Waals surface area contributed by atoms with Crippen LogP contribution in [0.15, 0.2) is 76.8 Å². The Hall–Kier alpha value is -3.56. The number of fused-ring (bicyclic) bond motifs is 1. The highest BCUT2D eigenvalue weighted by atomic mass is 79.9. The summed E-state index contributed by atoms with van der Waals surface area (Å²) < 4.78 is 20.6. The lowest BCUT2D eigenvalue weighted by Crippen LogP contribution is -2.29.